The lowest BCUT2D eigenvalue weighted by molar-refractivity contribution is 0.216. The van der Waals surface area contributed by atoms with Crippen LogP contribution in [0.25, 0.3) is 5.69 Å². The summed E-state index contributed by atoms with van der Waals surface area (Å²) in [4.78, 5) is 2.42. The molecule has 1 aliphatic heterocycles. The van der Waals surface area contributed by atoms with E-state index < -0.39 is 0 Å². The molecule has 3 rings (SSSR count). The predicted octanol–water partition coefficient (Wildman–Crippen LogP) is 3.57. The summed E-state index contributed by atoms with van der Waals surface area (Å²) >= 11 is 5.98. The van der Waals surface area contributed by atoms with Crippen LogP contribution in [0.5, 0.6) is 0 Å². The molecular formula is C19H27ClN4. The molecular weight excluding hydrogens is 320 g/mol. The average molecular weight is 347 g/mol. The maximum absolute atomic E-state index is 5.98. The Bertz CT molecular complexity index is 669. The van der Waals surface area contributed by atoms with Crippen LogP contribution in [0.15, 0.2) is 24.3 Å². The Kier molecular flexibility index (Phi) is 5.59. The third kappa shape index (κ3) is 4.00. The van der Waals surface area contributed by atoms with Gasteiger partial charge in [0.05, 0.1) is 11.4 Å². The first kappa shape index (κ1) is 17.5. The molecule has 24 heavy (non-hydrogen) atoms. The van der Waals surface area contributed by atoms with E-state index in [9.17, 15) is 0 Å². The van der Waals surface area contributed by atoms with Crippen LogP contribution in [0.1, 0.15) is 29.8 Å². The second kappa shape index (κ2) is 7.68. The third-order valence-corrected chi connectivity index (χ3v) is 5.34. The standard InChI is InChI=1S/C19H27ClN4/c1-14-19(13-21-12-16-8-10-23(3)11-9-16)15(2)24(22-14)18-6-4-17(20)5-7-18/h4-7,16,21H,8-13H2,1-3H3. The van der Waals surface area contributed by atoms with Crippen molar-refractivity contribution < 1.29 is 0 Å². The number of hydrogen-bond donors (Lipinski definition) is 1. The van der Waals surface area contributed by atoms with E-state index in [0.717, 1.165) is 35.4 Å². The Morgan fingerprint density at radius 3 is 2.50 bits per heavy atom. The van der Waals surface area contributed by atoms with Crippen molar-refractivity contribution in [1.29, 1.82) is 0 Å². The summed E-state index contributed by atoms with van der Waals surface area (Å²) in [5.74, 6) is 0.799. The molecule has 130 valence electrons. The van der Waals surface area contributed by atoms with E-state index in [-0.39, 0.29) is 0 Å². The van der Waals surface area contributed by atoms with Crippen molar-refractivity contribution in [2.75, 3.05) is 26.7 Å². The molecule has 5 heteroatoms. The van der Waals surface area contributed by atoms with Crippen molar-refractivity contribution in [3.8, 4) is 5.69 Å². The normalized spacial score (nSPS) is 16.7. The van der Waals surface area contributed by atoms with Gasteiger partial charge in [-0.2, -0.15) is 5.10 Å². The molecule has 0 aliphatic carbocycles. The highest BCUT2D eigenvalue weighted by atomic mass is 35.5. The molecule has 2 aromatic rings. The fourth-order valence-corrected chi connectivity index (χ4v) is 3.56. The number of hydrogen-bond acceptors (Lipinski definition) is 3. The lowest BCUT2D eigenvalue weighted by atomic mass is 9.97. The van der Waals surface area contributed by atoms with Gasteiger partial charge >= 0.3 is 0 Å². The zero-order valence-corrected chi connectivity index (χ0v) is 15.6. The largest absolute Gasteiger partial charge is 0.312 e. The number of nitrogens with one attached hydrogen (secondary N) is 1. The van der Waals surface area contributed by atoms with Gasteiger partial charge in [-0.25, -0.2) is 4.68 Å². The highest BCUT2D eigenvalue weighted by molar-refractivity contribution is 6.30. The summed E-state index contributed by atoms with van der Waals surface area (Å²) in [6, 6.07) is 7.84. The molecule has 1 saturated heterocycles. The summed E-state index contributed by atoms with van der Waals surface area (Å²) < 4.78 is 2.01. The number of aryl methyl sites for hydroxylation is 1. The Morgan fingerprint density at radius 1 is 1.17 bits per heavy atom. The highest BCUT2D eigenvalue weighted by Crippen LogP contribution is 2.20. The SMILES string of the molecule is Cc1nn(-c2ccc(Cl)cc2)c(C)c1CNCC1CCN(C)CC1. The number of aromatic nitrogens is 2. The fourth-order valence-electron chi connectivity index (χ4n) is 3.43. The van der Waals surface area contributed by atoms with Crippen LogP contribution in [-0.4, -0.2) is 41.4 Å². The van der Waals surface area contributed by atoms with Crippen LogP contribution in [0.2, 0.25) is 5.02 Å². The summed E-state index contributed by atoms with van der Waals surface area (Å²) in [7, 11) is 2.21. The number of halogens is 1. The van der Waals surface area contributed by atoms with Crippen LogP contribution < -0.4 is 5.32 Å². The molecule has 0 saturated carbocycles. The smallest absolute Gasteiger partial charge is 0.0649 e. The number of rotatable bonds is 5. The Balaban J connectivity index is 1.63. The molecule has 1 aromatic carbocycles. The lowest BCUT2D eigenvalue weighted by Gasteiger charge is -2.29. The Labute approximate surface area is 149 Å². The van der Waals surface area contributed by atoms with E-state index in [4.69, 9.17) is 16.7 Å². The monoisotopic (exact) mass is 346 g/mol. The second-order valence-corrected chi connectivity index (χ2v) is 7.35. The molecule has 0 atom stereocenters. The second-order valence-electron chi connectivity index (χ2n) is 6.92. The molecule has 1 aliphatic rings. The van der Waals surface area contributed by atoms with Crippen molar-refractivity contribution in [2.45, 2.75) is 33.2 Å². The van der Waals surface area contributed by atoms with Gasteiger partial charge in [0, 0.05) is 22.8 Å². The molecule has 0 radical (unpaired) electrons. The lowest BCUT2D eigenvalue weighted by Crippen LogP contribution is -2.34. The first-order chi connectivity index (χ1) is 11.5. The van der Waals surface area contributed by atoms with Gasteiger partial charge < -0.3 is 10.2 Å². The van der Waals surface area contributed by atoms with Gasteiger partial charge in [0.2, 0.25) is 0 Å². The van der Waals surface area contributed by atoms with Gasteiger partial charge in [0.1, 0.15) is 0 Å². The van der Waals surface area contributed by atoms with E-state index in [1.807, 2.05) is 28.9 Å². The zero-order chi connectivity index (χ0) is 17.1. The molecule has 1 fully saturated rings. The van der Waals surface area contributed by atoms with E-state index in [1.54, 1.807) is 0 Å². The number of likely N-dealkylation sites (tertiary alicyclic amines) is 1. The first-order valence-corrected chi connectivity index (χ1v) is 9.12. The minimum absolute atomic E-state index is 0.750. The van der Waals surface area contributed by atoms with Gasteiger partial charge in [0.25, 0.3) is 0 Å². The third-order valence-electron chi connectivity index (χ3n) is 5.09. The van der Waals surface area contributed by atoms with Crippen LogP contribution in [0.4, 0.5) is 0 Å². The summed E-state index contributed by atoms with van der Waals surface area (Å²) in [5, 5.41) is 9.11. The molecule has 1 N–H and O–H groups in total. The maximum Gasteiger partial charge on any atom is 0.0649 e. The van der Waals surface area contributed by atoms with Crippen LogP contribution in [0, 0.1) is 19.8 Å². The fraction of sp³-hybridized carbons (Fsp3) is 0.526. The van der Waals surface area contributed by atoms with Crippen molar-refractivity contribution >= 4 is 11.6 Å². The van der Waals surface area contributed by atoms with Crippen molar-refractivity contribution in [3.63, 3.8) is 0 Å². The number of benzene rings is 1. The van der Waals surface area contributed by atoms with Crippen molar-refractivity contribution in [1.82, 2.24) is 20.0 Å². The topological polar surface area (TPSA) is 33.1 Å². The van der Waals surface area contributed by atoms with Gasteiger partial charge in [-0.1, -0.05) is 11.6 Å². The van der Waals surface area contributed by atoms with Crippen molar-refractivity contribution in [3.05, 3.63) is 46.2 Å². The Morgan fingerprint density at radius 2 is 1.83 bits per heavy atom. The molecule has 0 amide bonds. The van der Waals surface area contributed by atoms with E-state index in [2.05, 4.69) is 31.1 Å². The van der Waals surface area contributed by atoms with Gasteiger partial charge in [0.15, 0.2) is 0 Å². The molecule has 1 aromatic heterocycles. The van der Waals surface area contributed by atoms with Gasteiger partial charge in [-0.3, -0.25) is 0 Å². The molecule has 4 nitrogen and oxygen atoms in total. The van der Waals surface area contributed by atoms with Gasteiger partial charge in [-0.15, -0.1) is 0 Å². The minimum atomic E-state index is 0.750. The van der Waals surface area contributed by atoms with E-state index >= 15 is 0 Å². The first-order valence-electron chi connectivity index (χ1n) is 8.75. The van der Waals surface area contributed by atoms with E-state index in [1.165, 1.54) is 37.2 Å². The zero-order valence-electron chi connectivity index (χ0n) is 14.8. The average Bonchev–Trinajstić information content (AvgIpc) is 2.85. The quantitative estimate of drug-likeness (QED) is 0.898. The minimum Gasteiger partial charge on any atom is -0.312 e. The number of nitrogens with zero attached hydrogens (tertiary/aromatic N) is 3. The van der Waals surface area contributed by atoms with Crippen LogP contribution in [0.3, 0.4) is 0 Å². The molecule has 0 bridgehead atoms. The predicted molar refractivity (Wildman–Crippen MR) is 100.0 cm³/mol. The van der Waals surface area contributed by atoms with E-state index in [0.29, 0.717) is 0 Å². The summed E-state index contributed by atoms with van der Waals surface area (Å²) in [6.45, 7) is 8.65. The van der Waals surface area contributed by atoms with Gasteiger partial charge in [-0.05, 0) is 83.6 Å². The highest BCUT2D eigenvalue weighted by Gasteiger charge is 2.17. The summed E-state index contributed by atoms with van der Waals surface area (Å²) in [6.07, 6.45) is 2.59. The molecule has 2 heterocycles. The van der Waals surface area contributed by atoms with Crippen LogP contribution in [-0.2, 0) is 6.54 Å². The number of piperidine rings is 1. The van der Waals surface area contributed by atoms with Crippen molar-refractivity contribution in [2.24, 2.45) is 5.92 Å². The molecule has 0 spiro atoms. The van der Waals surface area contributed by atoms with Crippen LogP contribution >= 0.6 is 11.6 Å². The maximum atomic E-state index is 5.98. The molecule has 0 unspecified atom stereocenters. The Hall–Kier alpha value is -1.36. The summed E-state index contributed by atoms with van der Waals surface area (Å²) in [5.41, 5.74) is 4.66.